The highest BCUT2D eigenvalue weighted by Gasteiger charge is 2.26. The van der Waals surface area contributed by atoms with Crippen molar-refractivity contribution >= 4 is 16.7 Å². The highest BCUT2D eigenvalue weighted by molar-refractivity contribution is 6.10. The van der Waals surface area contributed by atoms with Crippen LogP contribution in [0.1, 0.15) is 31.1 Å². The first-order valence-electron chi connectivity index (χ1n) is 7.35. The van der Waals surface area contributed by atoms with Gasteiger partial charge in [-0.05, 0) is 18.2 Å². The van der Waals surface area contributed by atoms with E-state index in [2.05, 4.69) is 0 Å². The second-order valence-corrected chi connectivity index (χ2v) is 6.37. The lowest BCUT2D eigenvalue weighted by atomic mass is 9.86. The molecule has 0 bridgehead atoms. The van der Waals surface area contributed by atoms with E-state index in [1.165, 1.54) is 0 Å². The summed E-state index contributed by atoms with van der Waals surface area (Å²) >= 11 is 0. The lowest BCUT2D eigenvalue weighted by molar-refractivity contribution is 0.0858. The summed E-state index contributed by atoms with van der Waals surface area (Å²) in [5, 5.41) is 0.915. The molecule has 1 heterocycles. The van der Waals surface area contributed by atoms with Crippen LogP contribution in [-0.4, -0.2) is 10.5 Å². The van der Waals surface area contributed by atoms with E-state index in [1.807, 2.05) is 75.4 Å². The van der Waals surface area contributed by atoms with Crippen LogP contribution >= 0.6 is 0 Å². The Morgan fingerprint density at radius 1 is 0.955 bits per heavy atom. The van der Waals surface area contributed by atoms with Gasteiger partial charge in [-0.1, -0.05) is 57.2 Å². The largest absolute Gasteiger partial charge is 0.375 e. The predicted molar refractivity (Wildman–Crippen MR) is 88.2 cm³/mol. The maximum atomic E-state index is 12.7. The molecule has 3 heteroatoms. The Bertz CT molecular complexity index is 810. The Morgan fingerprint density at radius 2 is 1.59 bits per heavy atom. The Kier molecular flexibility index (Phi) is 3.49. The molecule has 0 saturated heterocycles. The van der Waals surface area contributed by atoms with Gasteiger partial charge in [0.2, 0.25) is 0 Å². The molecule has 3 nitrogen and oxygen atoms in total. The summed E-state index contributed by atoms with van der Waals surface area (Å²) in [6.07, 6.45) is 1.78. The van der Waals surface area contributed by atoms with E-state index in [0.717, 1.165) is 16.7 Å². The summed E-state index contributed by atoms with van der Waals surface area (Å²) < 4.78 is 1.67. The van der Waals surface area contributed by atoms with Gasteiger partial charge in [-0.3, -0.25) is 4.79 Å². The zero-order chi connectivity index (χ0) is 15.7. The molecule has 0 saturated carbocycles. The van der Waals surface area contributed by atoms with Crippen LogP contribution in [0.4, 0.5) is 0 Å². The van der Waals surface area contributed by atoms with Gasteiger partial charge in [0.05, 0.1) is 11.7 Å². The molecule has 3 rings (SSSR count). The first-order chi connectivity index (χ1) is 10.5. The van der Waals surface area contributed by atoms with E-state index in [1.54, 1.807) is 10.9 Å². The van der Waals surface area contributed by atoms with Crippen LogP contribution in [0.15, 0.2) is 60.8 Å². The highest BCUT2D eigenvalue weighted by Crippen LogP contribution is 2.28. The maximum Gasteiger partial charge on any atom is 0.170 e. The smallest absolute Gasteiger partial charge is 0.170 e. The normalized spacial score (nSPS) is 11.6. The van der Waals surface area contributed by atoms with Crippen molar-refractivity contribution in [1.29, 1.82) is 0 Å². The van der Waals surface area contributed by atoms with Crippen LogP contribution in [0.3, 0.4) is 0 Å². The third-order valence-corrected chi connectivity index (χ3v) is 3.55. The second-order valence-electron chi connectivity index (χ2n) is 6.37. The Morgan fingerprint density at radius 3 is 2.27 bits per heavy atom. The Balaban J connectivity index is 2.10. The molecule has 2 aromatic carbocycles. The van der Waals surface area contributed by atoms with Gasteiger partial charge in [-0.15, -0.1) is 0 Å². The van der Waals surface area contributed by atoms with Gasteiger partial charge in [0.1, 0.15) is 0 Å². The molecule has 3 aromatic rings. The van der Waals surface area contributed by atoms with E-state index >= 15 is 0 Å². The zero-order valence-electron chi connectivity index (χ0n) is 13.0. The van der Waals surface area contributed by atoms with Crippen molar-refractivity contribution in [2.75, 3.05) is 0 Å². The number of ketones is 1. The fourth-order valence-electron chi connectivity index (χ4n) is 2.41. The SMILES string of the molecule is CC(C)(C)C(=O)c1cn(Oc2ccccc2)c2ccccc12. The summed E-state index contributed by atoms with van der Waals surface area (Å²) in [6.45, 7) is 5.79. The molecule has 0 aliphatic carbocycles. The van der Waals surface area contributed by atoms with Crippen LogP contribution < -0.4 is 4.84 Å². The number of Topliss-reactive ketones (excluding diaryl/α,β-unsaturated/α-hetero) is 1. The minimum absolute atomic E-state index is 0.110. The molecule has 112 valence electrons. The number of rotatable bonds is 3. The lowest BCUT2D eigenvalue weighted by Crippen LogP contribution is -2.20. The van der Waals surface area contributed by atoms with Gasteiger partial charge in [0.25, 0.3) is 0 Å². The van der Waals surface area contributed by atoms with E-state index in [9.17, 15) is 4.79 Å². The molecular weight excluding hydrogens is 274 g/mol. The van der Waals surface area contributed by atoms with E-state index in [4.69, 9.17) is 4.84 Å². The van der Waals surface area contributed by atoms with Gasteiger partial charge in [0.15, 0.2) is 11.5 Å². The van der Waals surface area contributed by atoms with Gasteiger partial charge >= 0.3 is 0 Å². The van der Waals surface area contributed by atoms with Crippen molar-refractivity contribution in [3.05, 3.63) is 66.4 Å². The molecule has 0 N–H and O–H groups in total. The van der Waals surface area contributed by atoms with Crippen molar-refractivity contribution in [1.82, 2.24) is 4.73 Å². The van der Waals surface area contributed by atoms with Gasteiger partial charge in [-0.2, -0.15) is 4.73 Å². The quantitative estimate of drug-likeness (QED) is 0.655. The van der Waals surface area contributed by atoms with Crippen LogP contribution in [0.5, 0.6) is 5.75 Å². The third-order valence-electron chi connectivity index (χ3n) is 3.55. The Labute approximate surface area is 130 Å². The zero-order valence-corrected chi connectivity index (χ0v) is 13.0. The first-order valence-corrected chi connectivity index (χ1v) is 7.35. The van der Waals surface area contributed by atoms with Crippen molar-refractivity contribution in [2.45, 2.75) is 20.8 Å². The van der Waals surface area contributed by atoms with Gasteiger partial charge in [-0.25, -0.2) is 0 Å². The predicted octanol–water partition coefficient (Wildman–Crippen LogP) is 4.71. The lowest BCUT2D eigenvalue weighted by Gasteiger charge is -2.15. The maximum absolute atomic E-state index is 12.7. The topological polar surface area (TPSA) is 31.2 Å². The molecule has 0 aliphatic rings. The van der Waals surface area contributed by atoms with Crippen LogP contribution in [0.2, 0.25) is 0 Å². The fraction of sp³-hybridized carbons (Fsp3) is 0.211. The van der Waals surface area contributed by atoms with Crippen molar-refractivity contribution < 1.29 is 9.63 Å². The number of hydrogen-bond acceptors (Lipinski definition) is 2. The van der Waals surface area contributed by atoms with E-state index in [0.29, 0.717) is 5.56 Å². The number of fused-ring (bicyclic) bond motifs is 1. The van der Waals surface area contributed by atoms with E-state index < -0.39 is 5.41 Å². The van der Waals surface area contributed by atoms with Crippen LogP contribution in [0, 0.1) is 5.41 Å². The van der Waals surface area contributed by atoms with Crippen molar-refractivity contribution in [3.8, 4) is 5.75 Å². The van der Waals surface area contributed by atoms with Crippen molar-refractivity contribution in [2.24, 2.45) is 5.41 Å². The monoisotopic (exact) mass is 293 g/mol. The summed E-state index contributed by atoms with van der Waals surface area (Å²) in [6, 6.07) is 17.4. The summed E-state index contributed by atoms with van der Waals surface area (Å²) in [5.41, 5.74) is 1.15. The highest BCUT2D eigenvalue weighted by atomic mass is 16.7. The Hall–Kier alpha value is -2.55. The molecule has 0 amide bonds. The average Bonchev–Trinajstić information content (AvgIpc) is 2.85. The number of benzene rings is 2. The summed E-state index contributed by atoms with van der Waals surface area (Å²) in [4.78, 5) is 18.6. The van der Waals surface area contributed by atoms with Crippen molar-refractivity contribution in [3.63, 3.8) is 0 Å². The number of aromatic nitrogens is 1. The minimum Gasteiger partial charge on any atom is -0.375 e. The molecule has 0 radical (unpaired) electrons. The second kappa shape index (κ2) is 5.34. The molecule has 1 aromatic heterocycles. The number of nitrogens with zero attached hydrogens (tertiary/aromatic N) is 1. The molecule has 0 aliphatic heterocycles. The fourth-order valence-corrected chi connectivity index (χ4v) is 2.41. The summed E-state index contributed by atoms with van der Waals surface area (Å²) in [7, 11) is 0. The first kappa shape index (κ1) is 14.4. The number of hydrogen-bond donors (Lipinski definition) is 0. The molecule has 0 unspecified atom stereocenters. The number of carbonyl (C=O) groups is 1. The molecule has 0 atom stereocenters. The molecule has 0 spiro atoms. The molecular formula is C19H19NO2. The molecule has 22 heavy (non-hydrogen) atoms. The van der Waals surface area contributed by atoms with Gasteiger partial charge < -0.3 is 4.84 Å². The number of para-hydroxylation sites is 2. The van der Waals surface area contributed by atoms with Crippen LogP contribution in [-0.2, 0) is 0 Å². The average molecular weight is 293 g/mol. The number of carbonyl (C=O) groups excluding carboxylic acids is 1. The van der Waals surface area contributed by atoms with E-state index in [-0.39, 0.29) is 5.78 Å². The van der Waals surface area contributed by atoms with Gasteiger partial charge in [0, 0.05) is 16.4 Å². The third kappa shape index (κ3) is 2.62. The minimum atomic E-state index is -0.429. The van der Waals surface area contributed by atoms with Crippen LogP contribution in [0.25, 0.3) is 10.9 Å². The summed E-state index contributed by atoms with van der Waals surface area (Å²) in [5.74, 6) is 0.845. The standard InChI is InChI=1S/C19H19NO2/c1-19(2,3)18(21)16-13-20(17-12-8-7-11-15(16)17)22-14-9-5-4-6-10-14/h4-13H,1-3H3. The molecule has 0 fully saturated rings.